The molecule has 0 radical (unpaired) electrons. The van der Waals surface area contributed by atoms with Gasteiger partial charge in [0.2, 0.25) is 0 Å². The maximum Gasteiger partial charge on any atom is 0.114 e. The lowest BCUT2D eigenvalue weighted by Crippen LogP contribution is -2.00. The standard InChI is InChI=1S/C43H30N2/c1-2-41-44-39-17-9-10-18-40(39)45(41)34-24-23-30-26-33(22-20-31(30)27-34)43-37-15-7-5-13-35(37)42(36-14-6-8-16-38(36)43)32-21-19-28-11-3-4-12-29(28)25-32/h3-27H,2H2,1H3/i1D3,2D2,3D,4D,11D,12D,19D,21D,25D. The molecule has 0 fully saturated rings. The molecule has 0 aliphatic heterocycles. The van der Waals surface area contributed by atoms with Crippen LogP contribution >= 0.6 is 0 Å². The van der Waals surface area contributed by atoms with Gasteiger partial charge < -0.3 is 0 Å². The Morgan fingerprint density at radius 3 is 2.02 bits per heavy atom. The molecule has 0 unspecified atom stereocenters. The third-order valence-corrected chi connectivity index (χ3v) is 8.47. The molecule has 2 nitrogen and oxygen atoms in total. The van der Waals surface area contributed by atoms with E-state index in [2.05, 4.69) is 4.98 Å². The van der Waals surface area contributed by atoms with Crippen molar-refractivity contribution in [2.75, 3.05) is 0 Å². The summed E-state index contributed by atoms with van der Waals surface area (Å²) in [4.78, 5) is 4.45. The zero-order chi connectivity index (χ0) is 40.3. The molecule has 0 bridgehead atoms. The highest BCUT2D eigenvalue weighted by atomic mass is 15.1. The molecule has 1 heterocycles. The van der Waals surface area contributed by atoms with Crippen molar-refractivity contribution in [2.24, 2.45) is 0 Å². The topological polar surface area (TPSA) is 17.8 Å². The number of imidazole rings is 1. The summed E-state index contributed by atoms with van der Waals surface area (Å²) in [6.07, 6.45) is -2.74. The lowest BCUT2D eigenvalue weighted by Gasteiger charge is -2.18. The van der Waals surface area contributed by atoms with E-state index in [-0.39, 0.29) is 40.3 Å². The van der Waals surface area contributed by atoms with Gasteiger partial charge in [0.25, 0.3) is 0 Å². The monoisotopic (exact) mass is 586 g/mol. The number of rotatable bonds is 4. The molecule has 8 aromatic carbocycles. The van der Waals surface area contributed by atoms with E-state index < -0.39 is 37.4 Å². The first-order chi connectivity index (χ1) is 27.1. The largest absolute Gasteiger partial charge is 0.296 e. The summed E-state index contributed by atoms with van der Waals surface area (Å²) in [7, 11) is 0. The Labute approximate surface area is 278 Å². The normalized spacial score (nSPS) is 16.2. The first kappa shape index (κ1) is 16.4. The fraction of sp³-hybridized carbons (Fsp3) is 0.0465. The fourth-order valence-electron chi connectivity index (χ4n) is 6.51. The summed E-state index contributed by atoms with van der Waals surface area (Å²) in [6, 6.07) is 31.0. The molecule has 9 rings (SSSR count). The average Bonchev–Trinajstić information content (AvgIpc) is 3.60. The number of aromatic nitrogens is 2. The van der Waals surface area contributed by atoms with E-state index in [1.807, 2.05) is 84.9 Å². The third-order valence-electron chi connectivity index (χ3n) is 8.47. The zero-order valence-corrected chi connectivity index (χ0v) is 23.8. The Morgan fingerprint density at radius 1 is 0.622 bits per heavy atom. The Bertz CT molecular complexity index is 3130. The van der Waals surface area contributed by atoms with Crippen molar-refractivity contribution in [2.45, 2.75) is 13.2 Å². The van der Waals surface area contributed by atoms with Gasteiger partial charge in [-0.25, -0.2) is 4.98 Å². The molecule has 9 aromatic rings. The molecule has 2 heteroatoms. The molecule has 45 heavy (non-hydrogen) atoms. The van der Waals surface area contributed by atoms with E-state index in [9.17, 15) is 2.74 Å². The molecule has 1 aromatic heterocycles. The van der Waals surface area contributed by atoms with Gasteiger partial charge in [0.05, 0.1) is 20.6 Å². The number of para-hydroxylation sites is 2. The van der Waals surface area contributed by atoms with Crippen LogP contribution in [0.3, 0.4) is 0 Å². The second-order valence-corrected chi connectivity index (χ2v) is 11.0. The summed E-state index contributed by atoms with van der Waals surface area (Å²) in [5.41, 5.74) is 3.99. The van der Waals surface area contributed by atoms with Gasteiger partial charge >= 0.3 is 0 Å². The van der Waals surface area contributed by atoms with Gasteiger partial charge in [-0.3, -0.25) is 4.57 Å². The summed E-state index contributed by atoms with van der Waals surface area (Å²) < 4.78 is 104. The van der Waals surface area contributed by atoms with Crippen LogP contribution in [0.1, 0.15) is 29.1 Å². The van der Waals surface area contributed by atoms with Crippen molar-refractivity contribution < 1.29 is 16.4 Å². The molecule has 0 saturated heterocycles. The van der Waals surface area contributed by atoms with Gasteiger partial charge in [-0.05, 0) is 102 Å². The van der Waals surface area contributed by atoms with Crippen molar-refractivity contribution in [1.82, 2.24) is 9.55 Å². The van der Waals surface area contributed by atoms with Crippen LogP contribution in [-0.4, -0.2) is 9.55 Å². The Hall–Kier alpha value is -5.73. The number of aryl methyl sites for hydroxylation is 1. The molecule has 0 amide bonds. The molecule has 0 aliphatic carbocycles. The number of nitrogens with zero attached hydrogens (tertiary/aromatic N) is 2. The molecule has 212 valence electrons. The van der Waals surface area contributed by atoms with Gasteiger partial charge in [0.15, 0.2) is 0 Å². The molecule has 0 saturated carbocycles. The zero-order valence-electron chi connectivity index (χ0n) is 35.8. The van der Waals surface area contributed by atoms with Gasteiger partial charge in [-0.1, -0.05) is 122 Å². The van der Waals surface area contributed by atoms with Crippen LogP contribution in [0.4, 0.5) is 0 Å². The molecule has 0 atom stereocenters. The predicted octanol–water partition coefficient (Wildman–Crippen LogP) is 11.5. The molecule has 0 spiro atoms. The molecular weight excluding hydrogens is 544 g/mol. The average molecular weight is 587 g/mol. The number of fused-ring (bicyclic) bond motifs is 5. The summed E-state index contributed by atoms with van der Waals surface area (Å²) in [5, 5.41) is 4.44. The van der Waals surface area contributed by atoms with Gasteiger partial charge in [0.1, 0.15) is 5.82 Å². The number of hydrogen-bond acceptors (Lipinski definition) is 1. The van der Waals surface area contributed by atoms with E-state index in [4.69, 9.17) is 13.7 Å². The molecule has 0 N–H and O–H groups in total. The fourth-order valence-corrected chi connectivity index (χ4v) is 6.51. The van der Waals surface area contributed by atoms with E-state index >= 15 is 0 Å². The quantitative estimate of drug-likeness (QED) is 0.188. The van der Waals surface area contributed by atoms with Crippen LogP contribution in [-0.2, 0) is 6.37 Å². The highest BCUT2D eigenvalue weighted by Crippen LogP contribution is 2.44. The summed E-state index contributed by atoms with van der Waals surface area (Å²) in [6.45, 7) is -2.96. The van der Waals surface area contributed by atoms with Gasteiger partial charge in [-0.2, -0.15) is 0 Å². The first-order valence-electron chi connectivity index (χ1n) is 20.6. The number of benzene rings is 8. The second kappa shape index (κ2) is 10.2. The Morgan fingerprint density at radius 2 is 1.27 bits per heavy atom. The van der Waals surface area contributed by atoms with Gasteiger partial charge in [0, 0.05) is 18.9 Å². The minimum atomic E-state index is -2.96. The smallest absolute Gasteiger partial charge is 0.114 e. The highest BCUT2D eigenvalue weighted by Gasteiger charge is 2.17. The van der Waals surface area contributed by atoms with Gasteiger partial charge in [-0.15, -0.1) is 0 Å². The van der Waals surface area contributed by atoms with Crippen LogP contribution < -0.4 is 0 Å². The second-order valence-electron chi connectivity index (χ2n) is 11.0. The lowest BCUT2D eigenvalue weighted by atomic mass is 9.85. The van der Waals surface area contributed by atoms with Crippen molar-refractivity contribution in [1.29, 1.82) is 0 Å². The molecule has 0 aliphatic rings. The van der Waals surface area contributed by atoms with E-state index in [0.29, 0.717) is 33.1 Å². The van der Waals surface area contributed by atoms with Crippen LogP contribution in [0.5, 0.6) is 0 Å². The van der Waals surface area contributed by atoms with Crippen molar-refractivity contribution >= 4 is 54.1 Å². The van der Waals surface area contributed by atoms with Crippen LogP contribution in [0.25, 0.3) is 82.1 Å². The van der Waals surface area contributed by atoms with Crippen LogP contribution in [0, 0.1) is 0 Å². The highest BCUT2D eigenvalue weighted by molar-refractivity contribution is 6.22. The van der Waals surface area contributed by atoms with Crippen molar-refractivity contribution in [3.05, 3.63) is 157 Å². The maximum absolute atomic E-state index is 9.36. The van der Waals surface area contributed by atoms with Crippen LogP contribution in [0.15, 0.2) is 151 Å². The Balaban J connectivity index is 1.27. The summed E-state index contributed by atoms with van der Waals surface area (Å²) in [5.74, 6) is -0.214. The van der Waals surface area contributed by atoms with Crippen LogP contribution in [0.2, 0.25) is 0 Å². The SMILES string of the molecule is [2H]c1c([2H])c([2H])c2c([2H])c(-c3c4ccccc4c(-c4ccc5cc(-n6c(C([2H])([2H])C([2H])([2H])[2H])nc7ccccc76)ccc5c4)c4ccccc34)c([2H])c([2H])c2c1[2H]. The van der Waals surface area contributed by atoms with Crippen molar-refractivity contribution in [3.8, 4) is 27.9 Å². The third kappa shape index (κ3) is 4.07. The molecular formula is C43H30N2. The predicted molar refractivity (Wildman–Crippen MR) is 191 cm³/mol. The van der Waals surface area contributed by atoms with Crippen molar-refractivity contribution in [3.63, 3.8) is 0 Å². The minimum Gasteiger partial charge on any atom is -0.296 e. The van der Waals surface area contributed by atoms with E-state index in [1.54, 1.807) is 28.8 Å². The summed E-state index contributed by atoms with van der Waals surface area (Å²) >= 11 is 0. The Kier molecular flexibility index (Phi) is 3.70. The minimum absolute atomic E-state index is 0.103. The lowest BCUT2D eigenvalue weighted by molar-refractivity contribution is 0.909. The van der Waals surface area contributed by atoms with E-state index in [0.717, 1.165) is 32.7 Å². The first-order valence-corrected chi connectivity index (χ1v) is 14.6. The number of hydrogen-bond donors (Lipinski definition) is 0. The van der Waals surface area contributed by atoms with E-state index in [1.165, 1.54) is 0 Å². The maximum atomic E-state index is 9.36.